The summed E-state index contributed by atoms with van der Waals surface area (Å²) in [5.74, 6) is 0.254. The molecule has 0 bridgehead atoms. The predicted molar refractivity (Wildman–Crippen MR) is 131 cm³/mol. The molecule has 3 rings (SSSR count). The smallest absolute Gasteiger partial charge is 0.162 e. The van der Waals surface area contributed by atoms with Crippen LogP contribution in [-0.2, 0) is 16.0 Å². The zero-order valence-corrected chi connectivity index (χ0v) is 19.3. The minimum absolute atomic E-state index is 0.0861. The van der Waals surface area contributed by atoms with E-state index in [2.05, 4.69) is 4.98 Å². The van der Waals surface area contributed by atoms with Gasteiger partial charge in [0.2, 0.25) is 0 Å². The molecule has 5 nitrogen and oxygen atoms in total. The third-order valence-corrected chi connectivity index (χ3v) is 5.95. The van der Waals surface area contributed by atoms with Gasteiger partial charge in [-0.2, -0.15) is 0 Å². The molecule has 3 aromatic rings. The van der Waals surface area contributed by atoms with Crippen molar-refractivity contribution in [1.29, 1.82) is 0 Å². The second-order valence-electron chi connectivity index (χ2n) is 8.63. The quantitative estimate of drug-likeness (QED) is 0.276. The normalized spacial score (nSPS) is 11.9. The third kappa shape index (κ3) is 7.16. The lowest BCUT2D eigenvalue weighted by Gasteiger charge is -2.13. The summed E-state index contributed by atoms with van der Waals surface area (Å²) in [4.78, 5) is 40.6. The highest BCUT2D eigenvalue weighted by Gasteiger charge is 2.18. The minimum atomic E-state index is -0.747. The number of unbranched alkanes of at least 4 members (excludes halogenated alkanes) is 4. The molecular formula is C28H32N2O3. The van der Waals surface area contributed by atoms with Crippen molar-refractivity contribution >= 4 is 28.3 Å². The molecule has 2 aromatic carbocycles. The number of rotatable bonds is 13. The average Bonchev–Trinajstić information content (AvgIpc) is 2.83. The van der Waals surface area contributed by atoms with Crippen LogP contribution >= 0.6 is 0 Å². The minimum Gasteiger partial charge on any atom is -0.318 e. The van der Waals surface area contributed by atoms with E-state index in [1.165, 1.54) is 0 Å². The molecule has 0 saturated heterocycles. The van der Waals surface area contributed by atoms with E-state index in [0.717, 1.165) is 48.6 Å². The number of ketones is 3. The summed E-state index contributed by atoms with van der Waals surface area (Å²) in [6, 6.07) is 16.0. The molecule has 1 aromatic heterocycles. The van der Waals surface area contributed by atoms with Gasteiger partial charge >= 0.3 is 0 Å². The largest absolute Gasteiger partial charge is 0.318 e. The predicted octanol–water partition coefficient (Wildman–Crippen LogP) is 5.55. The van der Waals surface area contributed by atoms with Crippen LogP contribution in [0.5, 0.6) is 0 Å². The summed E-state index contributed by atoms with van der Waals surface area (Å²) in [5, 5.41) is 0.996. The Labute approximate surface area is 195 Å². The Morgan fingerprint density at radius 1 is 0.848 bits per heavy atom. The maximum atomic E-state index is 12.8. The number of hydrogen-bond donors (Lipinski definition) is 1. The van der Waals surface area contributed by atoms with Crippen LogP contribution in [-0.4, -0.2) is 22.3 Å². The van der Waals surface area contributed by atoms with Gasteiger partial charge in [-0.15, -0.1) is 0 Å². The van der Waals surface area contributed by atoms with Crippen LogP contribution in [0.1, 0.15) is 79.4 Å². The van der Waals surface area contributed by atoms with Crippen molar-refractivity contribution in [3.05, 3.63) is 77.5 Å². The molecule has 1 unspecified atom stereocenters. The van der Waals surface area contributed by atoms with Gasteiger partial charge in [0.1, 0.15) is 5.78 Å². The average molecular weight is 445 g/mol. The van der Waals surface area contributed by atoms with Gasteiger partial charge in [-0.05, 0) is 37.0 Å². The van der Waals surface area contributed by atoms with Gasteiger partial charge in [0.15, 0.2) is 11.6 Å². The number of hydrogen-bond acceptors (Lipinski definition) is 5. The van der Waals surface area contributed by atoms with Crippen molar-refractivity contribution in [3.63, 3.8) is 0 Å². The Morgan fingerprint density at radius 2 is 1.52 bits per heavy atom. The fourth-order valence-electron chi connectivity index (χ4n) is 4.00. The monoisotopic (exact) mass is 444 g/mol. The highest BCUT2D eigenvalue weighted by atomic mass is 16.1. The van der Waals surface area contributed by atoms with Gasteiger partial charge in [-0.1, -0.05) is 67.8 Å². The van der Waals surface area contributed by atoms with Gasteiger partial charge in [0.25, 0.3) is 0 Å². The van der Waals surface area contributed by atoms with E-state index in [1.54, 1.807) is 37.4 Å². The van der Waals surface area contributed by atoms with Crippen LogP contribution < -0.4 is 5.73 Å². The van der Waals surface area contributed by atoms with Gasteiger partial charge in [-0.25, -0.2) is 0 Å². The lowest BCUT2D eigenvalue weighted by atomic mass is 9.95. The van der Waals surface area contributed by atoms with Gasteiger partial charge in [0.05, 0.1) is 11.6 Å². The summed E-state index contributed by atoms with van der Waals surface area (Å²) >= 11 is 0. The molecule has 1 heterocycles. The lowest BCUT2D eigenvalue weighted by molar-refractivity contribution is -0.120. The molecule has 0 saturated carbocycles. The van der Waals surface area contributed by atoms with Crippen LogP contribution in [0.2, 0.25) is 0 Å². The number of para-hydroxylation sites is 1. The number of benzene rings is 2. The molecule has 0 radical (unpaired) electrons. The number of carbonyl (C=O) groups excluding carboxylic acids is 3. The SMILES string of the molecule is CC(=O)CCCCCCCC(=O)c1ccc(C(N)C(=O)Cc2cccc3cccnc23)cc1. The van der Waals surface area contributed by atoms with E-state index in [4.69, 9.17) is 5.73 Å². The van der Waals surface area contributed by atoms with Crippen molar-refractivity contribution in [3.8, 4) is 0 Å². The molecule has 1 atom stereocenters. The first-order valence-electron chi connectivity index (χ1n) is 11.7. The maximum Gasteiger partial charge on any atom is 0.162 e. The van der Waals surface area contributed by atoms with Gasteiger partial charge < -0.3 is 10.5 Å². The first-order valence-corrected chi connectivity index (χ1v) is 11.7. The van der Waals surface area contributed by atoms with E-state index < -0.39 is 6.04 Å². The van der Waals surface area contributed by atoms with Crippen molar-refractivity contribution < 1.29 is 14.4 Å². The summed E-state index contributed by atoms with van der Waals surface area (Å²) in [6.07, 6.45) is 7.93. The number of fused-ring (bicyclic) bond motifs is 1. The Kier molecular flexibility index (Phi) is 9.02. The molecule has 33 heavy (non-hydrogen) atoms. The van der Waals surface area contributed by atoms with Crippen molar-refractivity contribution in [2.75, 3.05) is 0 Å². The second kappa shape index (κ2) is 12.2. The van der Waals surface area contributed by atoms with E-state index in [1.807, 2.05) is 30.3 Å². The van der Waals surface area contributed by atoms with Crippen LogP contribution in [0.4, 0.5) is 0 Å². The molecule has 0 fully saturated rings. The first kappa shape index (κ1) is 24.5. The standard InChI is InChI=1S/C28H32N2O3/c1-20(31)9-5-3-2-4-6-13-25(32)21-14-16-22(17-15-21)27(29)26(33)19-24-11-7-10-23-12-8-18-30-28(23)24/h7-8,10-12,14-18,27H,2-6,9,13,19,29H2,1H3. The highest BCUT2D eigenvalue weighted by Crippen LogP contribution is 2.21. The third-order valence-electron chi connectivity index (χ3n) is 5.95. The maximum absolute atomic E-state index is 12.8. The summed E-state index contributed by atoms with van der Waals surface area (Å²) in [5.41, 5.74) is 9.27. The van der Waals surface area contributed by atoms with Crippen LogP contribution in [0.3, 0.4) is 0 Å². The number of Topliss-reactive ketones (excluding diaryl/α,β-unsaturated/α-hetero) is 3. The van der Waals surface area contributed by atoms with Crippen LogP contribution in [0, 0.1) is 0 Å². The molecule has 172 valence electrons. The Hall–Kier alpha value is -3.18. The summed E-state index contributed by atoms with van der Waals surface area (Å²) < 4.78 is 0. The van der Waals surface area contributed by atoms with E-state index in [-0.39, 0.29) is 23.8 Å². The summed E-state index contributed by atoms with van der Waals surface area (Å²) in [6.45, 7) is 1.62. The highest BCUT2D eigenvalue weighted by molar-refractivity contribution is 5.96. The van der Waals surface area contributed by atoms with Crippen molar-refractivity contribution in [2.24, 2.45) is 5.73 Å². The number of pyridine rings is 1. The Morgan fingerprint density at radius 3 is 2.24 bits per heavy atom. The second-order valence-corrected chi connectivity index (χ2v) is 8.63. The van der Waals surface area contributed by atoms with E-state index in [0.29, 0.717) is 24.0 Å². The molecule has 0 spiro atoms. The van der Waals surface area contributed by atoms with Crippen molar-refractivity contribution in [2.45, 2.75) is 64.3 Å². The van der Waals surface area contributed by atoms with E-state index >= 15 is 0 Å². The Bertz CT molecular complexity index is 1100. The molecule has 2 N–H and O–H groups in total. The lowest BCUT2D eigenvalue weighted by Crippen LogP contribution is -2.23. The molecule has 0 aliphatic carbocycles. The zero-order chi connectivity index (χ0) is 23.6. The topological polar surface area (TPSA) is 90.1 Å². The van der Waals surface area contributed by atoms with Crippen LogP contribution in [0.25, 0.3) is 10.9 Å². The van der Waals surface area contributed by atoms with Crippen LogP contribution in [0.15, 0.2) is 60.8 Å². The molecule has 0 aliphatic rings. The number of carbonyl (C=O) groups is 3. The van der Waals surface area contributed by atoms with Gasteiger partial charge in [-0.3, -0.25) is 14.6 Å². The number of nitrogens with two attached hydrogens (primary N) is 1. The number of nitrogens with zero attached hydrogens (tertiary/aromatic N) is 1. The molecular weight excluding hydrogens is 412 g/mol. The fraction of sp³-hybridized carbons (Fsp3) is 0.357. The van der Waals surface area contributed by atoms with E-state index in [9.17, 15) is 14.4 Å². The molecule has 5 heteroatoms. The summed E-state index contributed by atoms with van der Waals surface area (Å²) in [7, 11) is 0. The number of aromatic nitrogens is 1. The zero-order valence-electron chi connectivity index (χ0n) is 19.3. The molecule has 0 aliphatic heterocycles. The van der Waals surface area contributed by atoms with Crippen molar-refractivity contribution in [1.82, 2.24) is 4.98 Å². The van der Waals surface area contributed by atoms with Gasteiger partial charge in [0, 0.05) is 36.4 Å². The first-order chi connectivity index (χ1) is 16.0. The fourth-order valence-corrected chi connectivity index (χ4v) is 4.00. The molecule has 0 amide bonds. The Balaban J connectivity index is 1.50.